The third kappa shape index (κ3) is 3.36. The predicted molar refractivity (Wildman–Crippen MR) is 57.8 cm³/mol. The van der Waals surface area contributed by atoms with Gasteiger partial charge in [0.05, 0.1) is 19.8 Å². The molecule has 1 aromatic rings. The Hall–Kier alpha value is -1.33. The van der Waals surface area contributed by atoms with Gasteiger partial charge in [0.2, 0.25) is 0 Å². The van der Waals surface area contributed by atoms with E-state index in [1.54, 1.807) is 0 Å². The van der Waals surface area contributed by atoms with Gasteiger partial charge in [0.25, 0.3) is 0 Å². The number of carbonyl (C=O) groups excluding carboxylic acids is 1. The lowest BCUT2D eigenvalue weighted by atomic mass is 10.2. The molecule has 5 heteroatoms. The summed E-state index contributed by atoms with van der Waals surface area (Å²) in [5, 5.41) is 12.3. The van der Waals surface area contributed by atoms with Gasteiger partial charge < -0.3 is 14.3 Å². The zero-order valence-corrected chi connectivity index (χ0v) is 9.69. The third-order valence-electron chi connectivity index (χ3n) is 2.23. The molecule has 0 aliphatic heterocycles. The molecule has 0 saturated carbocycles. The van der Waals surface area contributed by atoms with Crippen molar-refractivity contribution in [3.63, 3.8) is 0 Å². The van der Waals surface area contributed by atoms with Crippen molar-refractivity contribution in [2.45, 2.75) is 32.5 Å². The summed E-state index contributed by atoms with van der Waals surface area (Å²) in [4.78, 5) is 11.3. The number of aliphatic hydroxyl groups excluding tert-OH is 1. The molecule has 2 atom stereocenters. The number of methoxy groups -OCH3 is 1. The van der Waals surface area contributed by atoms with E-state index in [9.17, 15) is 9.90 Å². The second-order valence-electron chi connectivity index (χ2n) is 3.63. The molecular formula is C11H17NO4. The van der Waals surface area contributed by atoms with Crippen LogP contribution in [0.2, 0.25) is 0 Å². The van der Waals surface area contributed by atoms with Crippen LogP contribution in [0.3, 0.4) is 0 Å². The highest BCUT2D eigenvalue weighted by molar-refractivity contribution is 5.76. The monoisotopic (exact) mass is 227 g/mol. The molecule has 16 heavy (non-hydrogen) atoms. The van der Waals surface area contributed by atoms with E-state index in [2.05, 4.69) is 10.1 Å². The maximum atomic E-state index is 11.3. The second kappa shape index (κ2) is 5.67. The number of carbonyl (C=O) groups is 1. The van der Waals surface area contributed by atoms with E-state index in [1.807, 2.05) is 19.1 Å². The molecule has 0 fully saturated rings. The molecule has 0 amide bonds. The van der Waals surface area contributed by atoms with Crippen molar-refractivity contribution < 1.29 is 19.1 Å². The maximum Gasteiger partial charge on any atom is 0.325 e. The fourth-order valence-electron chi connectivity index (χ4n) is 1.37. The molecule has 1 heterocycles. The van der Waals surface area contributed by atoms with Crippen molar-refractivity contribution in [2.75, 3.05) is 7.11 Å². The zero-order valence-electron chi connectivity index (χ0n) is 9.69. The van der Waals surface area contributed by atoms with E-state index in [0.29, 0.717) is 12.3 Å². The Balaban J connectivity index is 2.53. The van der Waals surface area contributed by atoms with Crippen LogP contribution in [-0.2, 0) is 16.1 Å². The Bertz CT molecular complexity index is 346. The summed E-state index contributed by atoms with van der Waals surface area (Å²) in [5.41, 5.74) is 0. The van der Waals surface area contributed by atoms with Crippen molar-refractivity contribution >= 4 is 5.97 Å². The summed E-state index contributed by atoms with van der Waals surface area (Å²) in [5.74, 6) is 1.04. The number of nitrogens with one attached hydrogen (secondary N) is 1. The minimum Gasteiger partial charge on any atom is -0.468 e. The van der Waals surface area contributed by atoms with Crippen molar-refractivity contribution in [1.82, 2.24) is 5.32 Å². The number of furan rings is 1. The molecule has 0 spiro atoms. The highest BCUT2D eigenvalue weighted by Crippen LogP contribution is 2.06. The Labute approximate surface area is 94.4 Å². The lowest BCUT2D eigenvalue weighted by Crippen LogP contribution is -2.45. The number of rotatable bonds is 5. The quantitative estimate of drug-likeness (QED) is 0.721. The Morgan fingerprint density at radius 1 is 1.62 bits per heavy atom. The summed E-state index contributed by atoms with van der Waals surface area (Å²) in [6.07, 6.45) is -0.816. The van der Waals surface area contributed by atoms with Crippen LogP contribution in [-0.4, -0.2) is 30.3 Å². The van der Waals surface area contributed by atoms with Gasteiger partial charge in [-0.2, -0.15) is 0 Å². The Kier molecular flexibility index (Phi) is 4.52. The number of esters is 1. The number of aliphatic hydroxyl groups is 1. The molecule has 90 valence electrons. The van der Waals surface area contributed by atoms with Crippen LogP contribution in [0.4, 0.5) is 0 Å². The van der Waals surface area contributed by atoms with Crippen molar-refractivity contribution in [3.05, 3.63) is 23.7 Å². The summed E-state index contributed by atoms with van der Waals surface area (Å²) in [6, 6.07) is 2.92. The van der Waals surface area contributed by atoms with Crippen molar-refractivity contribution in [3.8, 4) is 0 Å². The van der Waals surface area contributed by atoms with Crippen molar-refractivity contribution in [2.24, 2.45) is 0 Å². The van der Waals surface area contributed by atoms with Gasteiger partial charge in [0, 0.05) is 0 Å². The minimum absolute atomic E-state index is 0.374. The fourth-order valence-corrected chi connectivity index (χ4v) is 1.37. The SMILES string of the molecule is COC(=O)C(NCc1ccc(C)o1)C(C)O. The van der Waals surface area contributed by atoms with Gasteiger partial charge >= 0.3 is 5.97 Å². The van der Waals surface area contributed by atoms with Gasteiger partial charge in [-0.25, -0.2) is 0 Å². The third-order valence-corrected chi connectivity index (χ3v) is 2.23. The standard InChI is InChI=1S/C11H17NO4/c1-7-4-5-9(16-7)6-12-10(8(2)13)11(14)15-3/h4-5,8,10,12-13H,6H2,1-3H3. The van der Waals surface area contributed by atoms with Crippen LogP contribution in [0.1, 0.15) is 18.4 Å². The van der Waals surface area contributed by atoms with Gasteiger partial charge in [-0.05, 0) is 26.0 Å². The van der Waals surface area contributed by atoms with Crippen LogP contribution in [0.25, 0.3) is 0 Å². The van der Waals surface area contributed by atoms with Gasteiger partial charge in [-0.1, -0.05) is 0 Å². The molecular weight excluding hydrogens is 210 g/mol. The summed E-state index contributed by atoms with van der Waals surface area (Å²) >= 11 is 0. The summed E-state index contributed by atoms with van der Waals surface area (Å²) < 4.78 is 9.91. The van der Waals surface area contributed by atoms with E-state index in [4.69, 9.17) is 4.42 Å². The highest BCUT2D eigenvalue weighted by atomic mass is 16.5. The molecule has 1 rings (SSSR count). The zero-order chi connectivity index (χ0) is 12.1. The first-order valence-electron chi connectivity index (χ1n) is 5.09. The van der Waals surface area contributed by atoms with E-state index < -0.39 is 18.1 Å². The van der Waals surface area contributed by atoms with Gasteiger partial charge in [-0.3, -0.25) is 10.1 Å². The highest BCUT2D eigenvalue weighted by Gasteiger charge is 2.23. The maximum absolute atomic E-state index is 11.3. The number of aryl methyl sites for hydroxylation is 1. The number of ether oxygens (including phenoxy) is 1. The normalized spacial score (nSPS) is 14.5. The van der Waals surface area contributed by atoms with Crippen LogP contribution in [0.15, 0.2) is 16.5 Å². The van der Waals surface area contributed by atoms with Crippen LogP contribution in [0, 0.1) is 6.92 Å². The predicted octanol–water partition coefficient (Wildman–Crippen LogP) is 0.600. The molecule has 1 aromatic heterocycles. The molecule has 0 aliphatic rings. The fraction of sp³-hybridized carbons (Fsp3) is 0.545. The van der Waals surface area contributed by atoms with E-state index >= 15 is 0 Å². The molecule has 0 radical (unpaired) electrons. The molecule has 0 bridgehead atoms. The molecule has 0 aliphatic carbocycles. The Morgan fingerprint density at radius 3 is 2.75 bits per heavy atom. The summed E-state index contributed by atoms with van der Waals surface area (Å²) in [6.45, 7) is 3.75. The largest absolute Gasteiger partial charge is 0.468 e. The summed E-state index contributed by atoms with van der Waals surface area (Å²) in [7, 11) is 1.29. The first-order chi connectivity index (χ1) is 7.54. The van der Waals surface area contributed by atoms with E-state index in [0.717, 1.165) is 5.76 Å². The van der Waals surface area contributed by atoms with E-state index in [1.165, 1.54) is 14.0 Å². The van der Waals surface area contributed by atoms with Crippen molar-refractivity contribution in [1.29, 1.82) is 0 Å². The first-order valence-corrected chi connectivity index (χ1v) is 5.09. The van der Waals surface area contributed by atoms with Gasteiger partial charge in [0.1, 0.15) is 17.6 Å². The number of hydrogen-bond donors (Lipinski definition) is 2. The molecule has 2 unspecified atom stereocenters. The topological polar surface area (TPSA) is 71.7 Å². The smallest absolute Gasteiger partial charge is 0.325 e. The molecule has 0 saturated heterocycles. The first kappa shape index (κ1) is 12.7. The van der Waals surface area contributed by atoms with Gasteiger partial charge in [0.15, 0.2) is 0 Å². The van der Waals surface area contributed by atoms with Crippen LogP contribution < -0.4 is 5.32 Å². The lowest BCUT2D eigenvalue weighted by molar-refractivity contribution is -0.145. The average Bonchev–Trinajstić information content (AvgIpc) is 2.63. The minimum atomic E-state index is -0.816. The van der Waals surface area contributed by atoms with Crippen LogP contribution in [0.5, 0.6) is 0 Å². The molecule has 2 N–H and O–H groups in total. The van der Waals surface area contributed by atoms with E-state index in [-0.39, 0.29) is 0 Å². The van der Waals surface area contributed by atoms with Gasteiger partial charge in [-0.15, -0.1) is 0 Å². The Morgan fingerprint density at radius 2 is 2.31 bits per heavy atom. The second-order valence-corrected chi connectivity index (χ2v) is 3.63. The van der Waals surface area contributed by atoms with Crippen LogP contribution >= 0.6 is 0 Å². The lowest BCUT2D eigenvalue weighted by Gasteiger charge is -2.18. The average molecular weight is 227 g/mol. The number of hydrogen-bond acceptors (Lipinski definition) is 5. The molecule has 0 aromatic carbocycles. The molecule has 5 nitrogen and oxygen atoms in total.